The van der Waals surface area contributed by atoms with Gasteiger partial charge in [-0.2, -0.15) is 0 Å². The molecule has 0 radical (unpaired) electrons. The Balaban J connectivity index is 2.32. The summed E-state index contributed by atoms with van der Waals surface area (Å²) < 4.78 is 23.9. The van der Waals surface area contributed by atoms with Crippen LogP contribution < -0.4 is 10.0 Å². The number of nitrogens with one attached hydrogen (secondary N) is 2. The van der Waals surface area contributed by atoms with Gasteiger partial charge in [-0.05, 0) is 13.5 Å². The predicted octanol–water partition coefficient (Wildman–Crippen LogP) is -1.64. The number of likely N-dealkylation sites (tertiary alicyclic amines) is 1. The van der Waals surface area contributed by atoms with Crippen molar-refractivity contribution in [2.45, 2.75) is 12.5 Å². The van der Waals surface area contributed by atoms with Crippen LogP contribution in [0.15, 0.2) is 0 Å². The molecular weight excluding hydrogens is 218 g/mol. The summed E-state index contributed by atoms with van der Waals surface area (Å²) in [6, 6.07) is -0.108. The standard InChI is InChI=1S/C8H17N3O3S/c1-9-7-3-5-11(8(7)12)6-4-10-15(2,13)14/h7,9-10H,3-6H2,1-2H3. The molecule has 1 fully saturated rings. The first-order chi connectivity index (χ1) is 6.94. The first-order valence-corrected chi connectivity index (χ1v) is 6.74. The van der Waals surface area contributed by atoms with Crippen LogP contribution in [0, 0.1) is 0 Å². The van der Waals surface area contributed by atoms with E-state index in [-0.39, 0.29) is 18.5 Å². The van der Waals surface area contributed by atoms with E-state index in [1.54, 1.807) is 11.9 Å². The number of rotatable bonds is 5. The van der Waals surface area contributed by atoms with Gasteiger partial charge in [0, 0.05) is 19.6 Å². The second-order valence-corrected chi connectivity index (χ2v) is 5.45. The Kier molecular flexibility index (Phi) is 4.06. The van der Waals surface area contributed by atoms with E-state index in [2.05, 4.69) is 10.0 Å². The maximum Gasteiger partial charge on any atom is 0.239 e. The van der Waals surface area contributed by atoms with E-state index in [1.165, 1.54) is 0 Å². The van der Waals surface area contributed by atoms with Crippen molar-refractivity contribution in [2.75, 3.05) is 32.9 Å². The lowest BCUT2D eigenvalue weighted by molar-refractivity contribution is -0.129. The van der Waals surface area contributed by atoms with Crippen molar-refractivity contribution in [3.8, 4) is 0 Å². The van der Waals surface area contributed by atoms with Crippen molar-refractivity contribution in [1.29, 1.82) is 0 Å². The molecule has 1 unspecified atom stereocenters. The maximum absolute atomic E-state index is 11.6. The highest BCUT2D eigenvalue weighted by atomic mass is 32.2. The molecule has 6 nitrogen and oxygen atoms in total. The molecule has 15 heavy (non-hydrogen) atoms. The summed E-state index contributed by atoms with van der Waals surface area (Å²) in [6.07, 6.45) is 1.89. The van der Waals surface area contributed by atoms with Gasteiger partial charge in [0.25, 0.3) is 0 Å². The maximum atomic E-state index is 11.6. The topological polar surface area (TPSA) is 78.5 Å². The monoisotopic (exact) mass is 235 g/mol. The molecule has 1 heterocycles. The first kappa shape index (κ1) is 12.4. The molecule has 0 aromatic rings. The average Bonchev–Trinajstić information content (AvgIpc) is 2.46. The van der Waals surface area contributed by atoms with Crippen LogP contribution in [0.25, 0.3) is 0 Å². The molecule has 1 atom stereocenters. The van der Waals surface area contributed by atoms with E-state index < -0.39 is 10.0 Å². The molecule has 0 saturated carbocycles. The van der Waals surface area contributed by atoms with Gasteiger partial charge in [0.1, 0.15) is 0 Å². The van der Waals surface area contributed by atoms with Gasteiger partial charge >= 0.3 is 0 Å². The summed E-state index contributed by atoms with van der Waals surface area (Å²) in [7, 11) is -1.41. The van der Waals surface area contributed by atoms with Gasteiger partial charge < -0.3 is 10.2 Å². The number of hydrogen-bond acceptors (Lipinski definition) is 4. The fraction of sp³-hybridized carbons (Fsp3) is 0.875. The van der Waals surface area contributed by atoms with E-state index in [1.807, 2.05) is 0 Å². The van der Waals surface area contributed by atoms with E-state index >= 15 is 0 Å². The summed E-state index contributed by atoms with van der Waals surface area (Å²) >= 11 is 0. The Morgan fingerprint density at radius 3 is 2.67 bits per heavy atom. The number of likely N-dealkylation sites (N-methyl/N-ethyl adjacent to an activating group) is 1. The van der Waals surface area contributed by atoms with Gasteiger partial charge in [0.05, 0.1) is 12.3 Å². The van der Waals surface area contributed by atoms with Gasteiger partial charge in [-0.1, -0.05) is 0 Å². The van der Waals surface area contributed by atoms with Crippen LogP contribution in [-0.4, -0.2) is 58.2 Å². The van der Waals surface area contributed by atoms with Crippen LogP contribution in [0.1, 0.15) is 6.42 Å². The average molecular weight is 235 g/mol. The van der Waals surface area contributed by atoms with E-state index in [4.69, 9.17) is 0 Å². The molecule has 1 amide bonds. The van der Waals surface area contributed by atoms with E-state index in [0.29, 0.717) is 13.1 Å². The number of carbonyl (C=O) groups excluding carboxylic acids is 1. The number of carbonyl (C=O) groups is 1. The molecule has 1 rings (SSSR count). The van der Waals surface area contributed by atoms with Crippen LogP contribution in [0.5, 0.6) is 0 Å². The molecule has 1 aliphatic rings. The van der Waals surface area contributed by atoms with Gasteiger partial charge in [-0.25, -0.2) is 13.1 Å². The first-order valence-electron chi connectivity index (χ1n) is 4.85. The number of nitrogens with zero attached hydrogens (tertiary/aromatic N) is 1. The molecular formula is C8H17N3O3S. The van der Waals surface area contributed by atoms with E-state index in [9.17, 15) is 13.2 Å². The second-order valence-electron chi connectivity index (χ2n) is 3.62. The minimum atomic E-state index is -3.16. The highest BCUT2D eigenvalue weighted by Gasteiger charge is 2.29. The largest absolute Gasteiger partial charge is 0.340 e. The molecule has 88 valence electrons. The van der Waals surface area contributed by atoms with Crippen molar-refractivity contribution in [3.63, 3.8) is 0 Å². The normalized spacial score (nSPS) is 22.4. The van der Waals surface area contributed by atoms with Crippen molar-refractivity contribution in [2.24, 2.45) is 0 Å². The van der Waals surface area contributed by atoms with Gasteiger partial charge in [-0.15, -0.1) is 0 Å². The smallest absolute Gasteiger partial charge is 0.239 e. The summed E-state index contributed by atoms with van der Waals surface area (Å²) in [5.74, 6) is 0.0489. The van der Waals surface area contributed by atoms with Crippen molar-refractivity contribution in [1.82, 2.24) is 14.9 Å². The second kappa shape index (κ2) is 4.91. The summed E-state index contributed by atoms with van der Waals surface area (Å²) in [5.41, 5.74) is 0. The quantitative estimate of drug-likeness (QED) is 0.599. The Labute approximate surface area is 90.1 Å². The molecule has 0 aliphatic carbocycles. The predicted molar refractivity (Wildman–Crippen MR) is 56.9 cm³/mol. The third-order valence-electron chi connectivity index (χ3n) is 2.39. The lowest BCUT2D eigenvalue weighted by atomic mass is 10.3. The fourth-order valence-electron chi connectivity index (χ4n) is 1.59. The minimum Gasteiger partial charge on any atom is -0.340 e. The van der Waals surface area contributed by atoms with Gasteiger partial charge in [0.15, 0.2) is 0 Å². The molecule has 0 aromatic carbocycles. The lowest BCUT2D eigenvalue weighted by Crippen LogP contribution is -2.40. The molecule has 1 aliphatic heterocycles. The van der Waals surface area contributed by atoms with Crippen molar-refractivity contribution in [3.05, 3.63) is 0 Å². The van der Waals surface area contributed by atoms with Gasteiger partial charge in [0.2, 0.25) is 15.9 Å². The lowest BCUT2D eigenvalue weighted by Gasteiger charge is -2.16. The third kappa shape index (κ3) is 3.77. The molecule has 7 heteroatoms. The Hall–Kier alpha value is -0.660. The highest BCUT2D eigenvalue weighted by molar-refractivity contribution is 7.88. The minimum absolute atomic E-state index is 0.0489. The SMILES string of the molecule is CNC1CCN(CCNS(C)(=O)=O)C1=O. The zero-order chi connectivity index (χ0) is 11.5. The number of amides is 1. The molecule has 0 bridgehead atoms. The Morgan fingerprint density at radius 2 is 2.20 bits per heavy atom. The third-order valence-corrected chi connectivity index (χ3v) is 3.12. The number of hydrogen-bond donors (Lipinski definition) is 2. The summed E-state index contributed by atoms with van der Waals surface area (Å²) in [4.78, 5) is 13.2. The summed E-state index contributed by atoms with van der Waals surface area (Å²) in [6.45, 7) is 1.40. The van der Waals surface area contributed by atoms with Crippen LogP contribution >= 0.6 is 0 Å². The van der Waals surface area contributed by atoms with E-state index in [0.717, 1.165) is 12.7 Å². The molecule has 0 spiro atoms. The van der Waals surface area contributed by atoms with Crippen LogP contribution in [0.4, 0.5) is 0 Å². The number of sulfonamides is 1. The Bertz CT molecular complexity index is 328. The molecule has 2 N–H and O–H groups in total. The van der Waals surface area contributed by atoms with Crippen LogP contribution in [0.2, 0.25) is 0 Å². The van der Waals surface area contributed by atoms with Crippen molar-refractivity contribution < 1.29 is 13.2 Å². The van der Waals surface area contributed by atoms with Gasteiger partial charge in [-0.3, -0.25) is 4.79 Å². The van der Waals surface area contributed by atoms with Crippen LogP contribution in [-0.2, 0) is 14.8 Å². The fourth-order valence-corrected chi connectivity index (χ4v) is 2.06. The van der Waals surface area contributed by atoms with Crippen molar-refractivity contribution >= 4 is 15.9 Å². The Morgan fingerprint density at radius 1 is 1.53 bits per heavy atom. The zero-order valence-electron chi connectivity index (χ0n) is 8.99. The molecule has 1 saturated heterocycles. The van der Waals surface area contributed by atoms with Crippen LogP contribution in [0.3, 0.4) is 0 Å². The summed E-state index contributed by atoms with van der Waals surface area (Å²) in [5, 5.41) is 2.92. The zero-order valence-corrected chi connectivity index (χ0v) is 9.80. The molecule has 0 aromatic heterocycles. The highest BCUT2D eigenvalue weighted by Crippen LogP contribution is 2.09.